The van der Waals surface area contributed by atoms with Crippen LogP contribution in [-0.2, 0) is 4.79 Å². The van der Waals surface area contributed by atoms with Gasteiger partial charge in [0.15, 0.2) is 0 Å². The molecule has 0 atom stereocenters. The van der Waals surface area contributed by atoms with Crippen molar-refractivity contribution in [2.75, 3.05) is 11.5 Å². The van der Waals surface area contributed by atoms with Crippen molar-refractivity contribution in [3.8, 4) is 0 Å². The molecule has 0 rings (SSSR count). The number of aliphatic carboxylic acids is 1. The first-order chi connectivity index (χ1) is 3.77. The summed E-state index contributed by atoms with van der Waals surface area (Å²) in [6, 6.07) is 0. The van der Waals surface area contributed by atoms with Crippen LogP contribution in [0.3, 0.4) is 0 Å². The minimum atomic E-state index is -0.731. The van der Waals surface area contributed by atoms with Crippen molar-refractivity contribution in [2.24, 2.45) is 0 Å². The largest absolute Gasteiger partial charge is 0.481 e. The summed E-state index contributed by atoms with van der Waals surface area (Å²) in [5.41, 5.74) is 0. The van der Waals surface area contributed by atoms with Crippen molar-refractivity contribution in [1.29, 1.82) is 0 Å². The van der Waals surface area contributed by atoms with Gasteiger partial charge in [-0.2, -0.15) is 11.8 Å². The summed E-state index contributed by atoms with van der Waals surface area (Å²) in [6.07, 6.45) is 0.250. The molecular weight excluding hydrogens is 124 g/mol. The monoisotopic (exact) mass is 133 g/mol. The van der Waals surface area contributed by atoms with Crippen LogP contribution in [0.1, 0.15) is 6.42 Å². The lowest BCUT2D eigenvalue weighted by atomic mass is 10.5. The van der Waals surface area contributed by atoms with Crippen molar-refractivity contribution in [3.63, 3.8) is 0 Å². The molecule has 0 heterocycles. The predicted molar refractivity (Wildman–Crippen MR) is 34.9 cm³/mol. The van der Waals surface area contributed by atoms with E-state index in [9.17, 15) is 4.79 Å². The van der Waals surface area contributed by atoms with Gasteiger partial charge in [-0.1, -0.05) is 0 Å². The highest BCUT2D eigenvalue weighted by Gasteiger charge is 1.93. The lowest BCUT2D eigenvalue weighted by molar-refractivity contribution is -0.136. The fraction of sp³-hybridized carbons (Fsp3) is 0.600. The Morgan fingerprint density at radius 3 is 2.75 bits per heavy atom. The number of rotatable bonds is 4. The molecular formula is C5H9O2S. The molecule has 0 amide bonds. The van der Waals surface area contributed by atoms with E-state index in [0.29, 0.717) is 5.75 Å². The third kappa shape index (κ3) is 5.82. The SMILES string of the molecule is [CH2]CSCCC(=O)O. The van der Waals surface area contributed by atoms with E-state index in [1.807, 2.05) is 0 Å². The standard InChI is InChI=1S/C5H9O2S/c1-2-8-4-3-5(6)7/h1-4H2,(H,6,7). The smallest absolute Gasteiger partial charge is 0.304 e. The minimum Gasteiger partial charge on any atom is -0.481 e. The zero-order chi connectivity index (χ0) is 6.41. The second-order valence-electron chi connectivity index (χ2n) is 1.26. The van der Waals surface area contributed by atoms with Gasteiger partial charge in [-0.05, 0) is 12.7 Å². The Morgan fingerprint density at radius 2 is 2.38 bits per heavy atom. The van der Waals surface area contributed by atoms with Gasteiger partial charge in [-0.25, -0.2) is 0 Å². The molecule has 8 heavy (non-hydrogen) atoms. The van der Waals surface area contributed by atoms with Crippen molar-refractivity contribution in [1.82, 2.24) is 0 Å². The molecule has 0 aliphatic carbocycles. The molecule has 0 aliphatic heterocycles. The van der Waals surface area contributed by atoms with Gasteiger partial charge < -0.3 is 5.11 Å². The van der Waals surface area contributed by atoms with E-state index in [1.54, 1.807) is 11.8 Å². The van der Waals surface area contributed by atoms with Gasteiger partial charge in [0.25, 0.3) is 0 Å². The molecule has 0 saturated heterocycles. The maximum atomic E-state index is 9.84. The molecule has 2 nitrogen and oxygen atoms in total. The Labute approximate surface area is 53.3 Å². The van der Waals surface area contributed by atoms with Gasteiger partial charge in [0.2, 0.25) is 0 Å². The molecule has 0 unspecified atom stereocenters. The average molecular weight is 133 g/mol. The lowest BCUT2D eigenvalue weighted by Crippen LogP contribution is -1.95. The normalized spacial score (nSPS) is 9.12. The highest BCUT2D eigenvalue weighted by Crippen LogP contribution is 1.99. The van der Waals surface area contributed by atoms with Crippen LogP contribution in [-0.4, -0.2) is 22.6 Å². The van der Waals surface area contributed by atoms with Gasteiger partial charge >= 0.3 is 5.97 Å². The quantitative estimate of drug-likeness (QED) is 0.582. The first-order valence-electron chi connectivity index (χ1n) is 2.36. The highest BCUT2D eigenvalue weighted by molar-refractivity contribution is 7.99. The molecule has 0 aromatic rings. The molecule has 0 aliphatic rings. The average Bonchev–Trinajstić information content (AvgIpc) is 1.66. The van der Waals surface area contributed by atoms with Gasteiger partial charge in [-0.15, -0.1) is 0 Å². The number of thioether (sulfide) groups is 1. The summed E-state index contributed by atoms with van der Waals surface area (Å²) >= 11 is 1.54. The first-order valence-corrected chi connectivity index (χ1v) is 3.51. The second-order valence-corrected chi connectivity index (χ2v) is 2.48. The van der Waals surface area contributed by atoms with Crippen molar-refractivity contribution in [3.05, 3.63) is 6.92 Å². The van der Waals surface area contributed by atoms with Crippen molar-refractivity contribution >= 4 is 17.7 Å². The van der Waals surface area contributed by atoms with E-state index in [4.69, 9.17) is 5.11 Å². The third-order valence-corrected chi connectivity index (χ3v) is 1.39. The lowest BCUT2D eigenvalue weighted by Gasteiger charge is -1.90. The van der Waals surface area contributed by atoms with E-state index in [2.05, 4.69) is 6.92 Å². The van der Waals surface area contributed by atoms with Crippen molar-refractivity contribution < 1.29 is 9.90 Å². The summed E-state index contributed by atoms with van der Waals surface area (Å²) in [4.78, 5) is 9.84. The Bertz CT molecular complexity index is 72.8. The van der Waals surface area contributed by atoms with E-state index >= 15 is 0 Å². The number of carbonyl (C=O) groups is 1. The number of hydrogen-bond acceptors (Lipinski definition) is 2. The third-order valence-electron chi connectivity index (χ3n) is 0.605. The van der Waals surface area contributed by atoms with Crippen LogP contribution in [0.4, 0.5) is 0 Å². The van der Waals surface area contributed by atoms with Crippen LogP contribution in [0.25, 0.3) is 0 Å². The molecule has 47 valence electrons. The van der Waals surface area contributed by atoms with Crippen LogP contribution >= 0.6 is 11.8 Å². The molecule has 0 spiro atoms. The van der Waals surface area contributed by atoms with Crippen LogP contribution in [0.2, 0.25) is 0 Å². The van der Waals surface area contributed by atoms with E-state index < -0.39 is 5.97 Å². The molecule has 3 heteroatoms. The number of carboxylic acids is 1. The van der Waals surface area contributed by atoms with Gasteiger partial charge in [0.1, 0.15) is 0 Å². The Balaban J connectivity index is 2.82. The summed E-state index contributed by atoms with van der Waals surface area (Å²) < 4.78 is 0. The molecule has 0 fully saturated rings. The summed E-state index contributed by atoms with van der Waals surface area (Å²) in [7, 11) is 0. The van der Waals surface area contributed by atoms with Gasteiger partial charge in [0.05, 0.1) is 6.42 Å². The summed E-state index contributed by atoms with van der Waals surface area (Å²) in [5, 5.41) is 8.11. The molecule has 0 bridgehead atoms. The molecule has 0 saturated carbocycles. The first kappa shape index (κ1) is 7.82. The zero-order valence-electron chi connectivity index (χ0n) is 4.59. The van der Waals surface area contributed by atoms with E-state index in [0.717, 1.165) is 5.75 Å². The minimum absolute atomic E-state index is 0.250. The van der Waals surface area contributed by atoms with Crippen LogP contribution in [0.5, 0.6) is 0 Å². The summed E-state index contributed by atoms with van der Waals surface area (Å²) in [6.45, 7) is 3.55. The molecule has 0 aromatic carbocycles. The predicted octanol–water partition coefficient (Wildman–Crippen LogP) is 1.03. The fourth-order valence-corrected chi connectivity index (χ4v) is 0.785. The van der Waals surface area contributed by atoms with Crippen molar-refractivity contribution in [2.45, 2.75) is 6.42 Å². The van der Waals surface area contributed by atoms with Crippen LogP contribution in [0, 0.1) is 6.92 Å². The molecule has 0 aromatic heterocycles. The van der Waals surface area contributed by atoms with Crippen LogP contribution < -0.4 is 0 Å². The maximum absolute atomic E-state index is 9.84. The van der Waals surface area contributed by atoms with E-state index in [-0.39, 0.29) is 6.42 Å². The topological polar surface area (TPSA) is 37.3 Å². The fourth-order valence-electron chi connectivity index (χ4n) is 0.262. The van der Waals surface area contributed by atoms with E-state index in [1.165, 1.54) is 0 Å². The van der Waals surface area contributed by atoms with Gasteiger partial charge in [0, 0.05) is 5.75 Å². The molecule has 1 radical (unpaired) electrons. The molecule has 1 N–H and O–H groups in total. The van der Waals surface area contributed by atoms with Crippen LogP contribution in [0.15, 0.2) is 0 Å². The maximum Gasteiger partial charge on any atom is 0.304 e. The summed E-state index contributed by atoms with van der Waals surface area (Å²) in [5.74, 6) is 0.706. The van der Waals surface area contributed by atoms with Gasteiger partial charge in [-0.3, -0.25) is 4.79 Å². The highest BCUT2D eigenvalue weighted by atomic mass is 32.2. The Morgan fingerprint density at radius 1 is 1.75 bits per heavy atom. The Hall–Kier alpha value is -0.180. The Kier molecular flexibility index (Phi) is 4.85. The second kappa shape index (κ2) is 4.97. The number of hydrogen-bond donors (Lipinski definition) is 1. The number of carboxylic acid groups (broad SMARTS) is 1. The zero-order valence-corrected chi connectivity index (χ0v) is 5.41.